The maximum absolute atomic E-state index is 12.9. The van der Waals surface area contributed by atoms with Crippen LogP contribution >= 0.6 is 0 Å². The van der Waals surface area contributed by atoms with Crippen molar-refractivity contribution in [3.63, 3.8) is 0 Å². The zero-order chi connectivity index (χ0) is 17.3. The number of carbonyl (C=O) groups is 1. The predicted octanol–water partition coefficient (Wildman–Crippen LogP) is 1.38. The van der Waals surface area contributed by atoms with Crippen molar-refractivity contribution in [1.82, 2.24) is 9.88 Å². The number of rotatable bonds is 3. The van der Waals surface area contributed by atoms with Gasteiger partial charge in [0.25, 0.3) is 0 Å². The van der Waals surface area contributed by atoms with Crippen LogP contribution in [0.15, 0.2) is 6.07 Å². The van der Waals surface area contributed by atoms with Gasteiger partial charge in [-0.15, -0.1) is 0 Å². The zero-order valence-electron chi connectivity index (χ0n) is 14.4. The number of hydrogen-bond acceptors (Lipinski definition) is 5. The zero-order valence-corrected chi connectivity index (χ0v) is 14.4. The Morgan fingerprint density at radius 2 is 2.17 bits per heavy atom. The fourth-order valence-electron chi connectivity index (χ4n) is 4.10. The van der Waals surface area contributed by atoms with Crippen LogP contribution in [0, 0.1) is 30.6 Å². The normalized spacial score (nSPS) is 23.8. The SMILES string of the molecule is Cc1cc(C)c(C#N)c(N2CC[C@]3(CCCN(CCO)C3=O)C2)n1. The lowest BCUT2D eigenvalue weighted by Gasteiger charge is -2.39. The lowest BCUT2D eigenvalue weighted by molar-refractivity contribution is -0.145. The topological polar surface area (TPSA) is 80.5 Å². The molecule has 3 heterocycles. The van der Waals surface area contributed by atoms with E-state index in [1.54, 1.807) is 4.90 Å². The van der Waals surface area contributed by atoms with Gasteiger partial charge in [-0.1, -0.05) is 0 Å². The minimum Gasteiger partial charge on any atom is -0.395 e. The number of anilines is 1. The maximum atomic E-state index is 12.9. The van der Waals surface area contributed by atoms with Gasteiger partial charge in [0.1, 0.15) is 11.9 Å². The number of aryl methyl sites for hydroxylation is 2. The molecule has 0 unspecified atom stereocenters. The molecular formula is C18H24N4O2. The van der Waals surface area contributed by atoms with Crippen molar-refractivity contribution in [1.29, 1.82) is 5.26 Å². The van der Waals surface area contributed by atoms with Gasteiger partial charge in [-0.3, -0.25) is 4.79 Å². The van der Waals surface area contributed by atoms with Crippen molar-refractivity contribution in [2.24, 2.45) is 5.41 Å². The van der Waals surface area contributed by atoms with E-state index in [1.807, 2.05) is 19.9 Å². The molecule has 3 rings (SSSR count). The van der Waals surface area contributed by atoms with Gasteiger partial charge in [-0.2, -0.15) is 5.26 Å². The van der Waals surface area contributed by atoms with Gasteiger partial charge in [-0.25, -0.2) is 4.98 Å². The molecule has 0 aromatic carbocycles. The van der Waals surface area contributed by atoms with E-state index in [-0.39, 0.29) is 17.9 Å². The van der Waals surface area contributed by atoms with E-state index in [0.29, 0.717) is 24.5 Å². The standard InChI is InChI=1S/C18H24N4O2/c1-13-10-14(2)20-16(15(13)11-19)22-7-5-18(12-22)4-3-6-21(8-9-23)17(18)24/h10,23H,3-9,12H2,1-2H3/t18-/m1/s1. The maximum Gasteiger partial charge on any atom is 0.230 e. The van der Waals surface area contributed by atoms with Crippen molar-refractivity contribution < 1.29 is 9.90 Å². The highest BCUT2D eigenvalue weighted by atomic mass is 16.3. The predicted molar refractivity (Wildman–Crippen MR) is 90.6 cm³/mol. The fourth-order valence-corrected chi connectivity index (χ4v) is 4.10. The van der Waals surface area contributed by atoms with E-state index >= 15 is 0 Å². The van der Waals surface area contributed by atoms with E-state index in [2.05, 4.69) is 16.0 Å². The molecule has 6 nitrogen and oxygen atoms in total. The third-order valence-corrected chi connectivity index (χ3v) is 5.28. The van der Waals surface area contributed by atoms with Crippen molar-refractivity contribution in [3.8, 4) is 6.07 Å². The number of piperidine rings is 1. The van der Waals surface area contributed by atoms with E-state index in [9.17, 15) is 15.2 Å². The first-order chi connectivity index (χ1) is 11.5. The lowest BCUT2D eigenvalue weighted by atomic mass is 9.78. The largest absolute Gasteiger partial charge is 0.395 e. The minimum absolute atomic E-state index is 0.00272. The molecule has 0 aliphatic carbocycles. The summed E-state index contributed by atoms with van der Waals surface area (Å²) in [6.07, 6.45) is 2.62. The highest BCUT2D eigenvalue weighted by Gasteiger charge is 2.48. The molecule has 2 saturated heterocycles. The van der Waals surface area contributed by atoms with Crippen molar-refractivity contribution in [2.45, 2.75) is 33.1 Å². The number of aromatic nitrogens is 1. The molecule has 1 aromatic rings. The number of likely N-dealkylation sites (tertiary alicyclic amines) is 1. The monoisotopic (exact) mass is 328 g/mol. The fraction of sp³-hybridized carbons (Fsp3) is 0.611. The second kappa shape index (κ2) is 6.40. The highest BCUT2D eigenvalue weighted by molar-refractivity contribution is 5.85. The summed E-state index contributed by atoms with van der Waals surface area (Å²) in [5, 5.41) is 18.7. The summed E-state index contributed by atoms with van der Waals surface area (Å²) >= 11 is 0. The summed E-state index contributed by atoms with van der Waals surface area (Å²) in [5.74, 6) is 0.854. The van der Waals surface area contributed by atoms with Crippen LogP contribution in [0.5, 0.6) is 0 Å². The molecule has 1 N–H and O–H groups in total. The molecule has 0 saturated carbocycles. The van der Waals surface area contributed by atoms with Gasteiger partial charge in [0.15, 0.2) is 0 Å². The van der Waals surface area contributed by atoms with E-state index < -0.39 is 0 Å². The Bertz CT molecular complexity index is 695. The van der Waals surface area contributed by atoms with Crippen LogP contribution in [-0.2, 0) is 4.79 Å². The summed E-state index contributed by atoms with van der Waals surface area (Å²) in [7, 11) is 0. The summed E-state index contributed by atoms with van der Waals surface area (Å²) < 4.78 is 0. The molecule has 1 atom stereocenters. The van der Waals surface area contributed by atoms with Gasteiger partial charge >= 0.3 is 0 Å². The third kappa shape index (κ3) is 2.73. The number of aliphatic hydroxyl groups excluding tert-OH is 1. The van der Waals surface area contributed by atoms with E-state index in [1.165, 1.54) is 0 Å². The molecule has 1 aromatic heterocycles. The number of hydrogen-bond donors (Lipinski definition) is 1. The molecule has 2 fully saturated rings. The second-order valence-electron chi connectivity index (χ2n) is 6.96. The summed E-state index contributed by atoms with van der Waals surface area (Å²) in [4.78, 5) is 21.4. The number of carbonyl (C=O) groups excluding carboxylic acids is 1. The Morgan fingerprint density at radius 3 is 2.88 bits per heavy atom. The van der Waals surface area contributed by atoms with Crippen LogP contribution in [0.4, 0.5) is 5.82 Å². The van der Waals surface area contributed by atoms with Gasteiger partial charge in [0, 0.05) is 31.9 Å². The number of amides is 1. The number of β-amino-alcohol motifs (C(OH)–C–C–N with tert-alkyl or cyclic N) is 1. The van der Waals surface area contributed by atoms with Crippen molar-refractivity contribution in [2.75, 3.05) is 37.7 Å². The summed E-state index contributed by atoms with van der Waals surface area (Å²) in [6.45, 7) is 6.35. The molecule has 1 spiro atoms. The minimum atomic E-state index is -0.389. The van der Waals surface area contributed by atoms with Crippen molar-refractivity contribution >= 4 is 11.7 Å². The van der Waals surface area contributed by atoms with Crippen LogP contribution in [0.25, 0.3) is 0 Å². The van der Waals surface area contributed by atoms with E-state index in [0.717, 1.165) is 43.6 Å². The molecule has 2 aliphatic heterocycles. The van der Waals surface area contributed by atoms with Gasteiger partial charge in [-0.05, 0) is 44.7 Å². The molecule has 2 aliphatic rings. The average molecular weight is 328 g/mol. The van der Waals surface area contributed by atoms with Crippen LogP contribution in [-0.4, -0.2) is 53.7 Å². The molecule has 24 heavy (non-hydrogen) atoms. The van der Waals surface area contributed by atoms with Gasteiger partial charge < -0.3 is 14.9 Å². The Labute approximate surface area is 142 Å². The summed E-state index contributed by atoms with van der Waals surface area (Å²) in [6, 6.07) is 4.19. The van der Waals surface area contributed by atoms with Crippen molar-refractivity contribution in [3.05, 3.63) is 22.9 Å². The van der Waals surface area contributed by atoms with Crippen LogP contribution < -0.4 is 4.90 Å². The second-order valence-corrected chi connectivity index (χ2v) is 6.96. The molecule has 6 heteroatoms. The van der Waals surface area contributed by atoms with Gasteiger partial charge in [0.05, 0.1) is 17.6 Å². The first kappa shape index (κ1) is 16.7. The van der Waals surface area contributed by atoms with E-state index in [4.69, 9.17) is 0 Å². The van der Waals surface area contributed by atoms with Crippen LogP contribution in [0.1, 0.15) is 36.1 Å². The Morgan fingerprint density at radius 1 is 1.38 bits per heavy atom. The lowest BCUT2D eigenvalue weighted by Crippen LogP contribution is -2.50. The number of nitriles is 1. The number of nitrogens with zero attached hydrogens (tertiary/aromatic N) is 4. The average Bonchev–Trinajstić information content (AvgIpc) is 2.97. The molecule has 128 valence electrons. The molecule has 0 radical (unpaired) electrons. The smallest absolute Gasteiger partial charge is 0.230 e. The summed E-state index contributed by atoms with van der Waals surface area (Å²) in [5.41, 5.74) is 2.03. The molecule has 0 bridgehead atoms. The molecular weight excluding hydrogens is 304 g/mol. The van der Waals surface area contributed by atoms with Crippen LogP contribution in [0.3, 0.4) is 0 Å². The number of aliphatic hydroxyl groups is 1. The Hall–Kier alpha value is -2.13. The van der Waals surface area contributed by atoms with Gasteiger partial charge in [0.2, 0.25) is 5.91 Å². The third-order valence-electron chi connectivity index (χ3n) is 5.28. The first-order valence-corrected chi connectivity index (χ1v) is 8.54. The van der Waals surface area contributed by atoms with Crippen LogP contribution in [0.2, 0.25) is 0 Å². The number of pyridine rings is 1. The quantitative estimate of drug-likeness (QED) is 0.907. The Kier molecular flexibility index (Phi) is 4.46. The molecule has 1 amide bonds. The first-order valence-electron chi connectivity index (χ1n) is 8.54. The highest BCUT2D eigenvalue weighted by Crippen LogP contribution is 2.42. The Balaban J connectivity index is 1.88.